The van der Waals surface area contributed by atoms with Gasteiger partial charge >= 0.3 is 0 Å². The fraction of sp³-hybridized carbons (Fsp3) is 0.364. The maximum atomic E-state index is 13.0. The standard InChI is InChI=1S/C22H22Cl3N3O2/c23-14-7-5-13(6-8-14)20-12-18(22(30)26-17-3-1-2-4-21(17)29)27-28(20)19-10-9-15(24)11-16(19)25/h5-11,17,20-21,29H,1-4,12H2,(H,26,30)/t17?,20?,21-/m1/s1. The lowest BCUT2D eigenvalue weighted by molar-refractivity contribution is -0.116. The molecule has 2 aliphatic rings. The molecule has 0 bridgehead atoms. The Labute approximate surface area is 190 Å². The van der Waals surface area contributed by atoms with E-state index in [9.17, 15) is 9.90 Å². The third-order valence-corrected chi connectivity index (χ3v) is 6.42. The van der Waals surface area contributed by atoms with E-state index >= 15 is 0 Å². The first-order valence-corrected chi connectivity index (χ1v) is 11.1. The smallest absolute Gasteiger partial charge is 0.267 e. The van der Waals surface area contributed by atoms with Gasteiger partial charge in [-0.2, -0.15) is 5.10 Å². The number of hydrogen-bond donors (Lipinski definition) is 2. The zero-order valence-corrected chi connectivity index (χ0v) is 18.5. The molecular formula is C22H22Cl3N3O2. The van der Waals surface area contributed by atoms with Crippen molar-refractivity contribution in [1.29, 1.82) is 0 Å². The van der Waals surface area contributed by atoms with Gasteiger partial charge in [-0.05, 0) is 48.7 Å². The Hall–Kier alpha value is -1.79. The van der Waals surface area contributed by atoms with Crippen LogP contribution in [0, 0.1) is 0 Å². The van der Waals surface area contributed by atoms with Crippen LogP contribution in [0.1, 0.15) is 43.7 Å². The van der Waals surface area contributed by atoms with Crippen molar-refractivity contribution in [1.82, 2.24) is 5.32 Å². The Morgan fingerprint density at radius 3 is 2.43 bits per heavy atom. The molecule has 1 heterocycles. The SMILES string of the molecule is O=C(NC1CCCC[C@H]1O)C1=NN(c2ccc(Cl)cc2Cl)C(c2ccc(Cl)cc2)C1. The molecule has 30 heavy (non-hydrogen) atoms. The van der Waals surface area contributed by atoms with Crippen molar-refractivity contribution in [2.75, 3.05) is 5.01 Å². The van der Waals surface area contributed by atoms with Crippen LogP contribution in [0.25, 0.3) is 0 Å². The Balaban J connectivity index is 1.63. The molecule has 8 heteroatoms. The molecule has 1 fully saturated rings. The van der Waals surface area contributed by atoms with E-state index in [-0.39, 0.29) is 18.0 Å². The quantitative estimate of drug-likeness (QED) is 0.636. The molecule has 1 amide bonds. The van der Waals surface area contributed by atoms with Crippen molar-refractivity contribution in [3.8, 4) is 0 Å². The topological polar surface area (TPSA) is 64.9 Å². The number of halogens is 3. The minimum Gasteiger partial charge on any atom is -0.391 e. The Morgan fingerprint density at radius 2 is 1.73 bits per heavy atom. The summed E-state index contributed by atoms with van der Waals surface area (Å²) < 4.78 is 0. The van der Waals surface area contributed by atoms with Crippen molar-refractivity contribution >= 4 is 52.1 Å². The highest BCUT2D eigenvalue weighted by Crippen LogP contribution is 2.40. The third kappa shape index (κ3) is 4.59. The van der Waals surface area contributed by atoms with Gasteiger partial charge in [-0.1, -0.05) is 59.8 Å². The summed E-state index contributed by atoms with van der Waals surface area (Å²) in [7, 11) is 0. The number of carbonyl (C=O) groups is 1. The average Bonchev–Trinajstić information content (AvgIpc) is 3.15. The lowest BCUT2D eigenvalue weighted by Gasteiger charge is -2.28. The highest BCUT2D eigenvalue weighted by molar-refractivity contribution is 6.40. The maximum Gasteiger partial charge on any atom is 0.267 e. The second-order valence-corrected chi connectivity index (χ2v) is 8.97. The molecule has 2 aromatic rings. The van der Waals surface area contributed by atoms with Crippen LogP contribution < -0.4 is 10.3 Å². The zero-order valence-electron chi connectivity index (χ0n) is 16.2. The third-order valence-electron chi connectivity index (χ3n) is 5.63. The van der Waals surface area contributed by atoms with Crippen LogP contribution in [0.15, 0.2) is 47.6 Å². The molecule has 158 valence electrons. The van der Waals surface area contributed by atoms with Crippen LogP contribution in [0.3, 0.4) is 0 Å². The largest absolute Gasteiger partial charge is 0.391 e. The van der Waals surface area contributed by atoms with Gasteiger partial charge in [0.05, 0.1) is 28.9 Å². The van der Waals surface area contributed by atoms with E-state index in [4.69, 9.17) is 34.8 Å². The van der Waals surface area contributed by atoms with Gasteiger partial charge in [0.1, 0.15) is 5.71 Å². The first-order chi connectivity index (χ1) is 14.4. The predicted molar refractivity (Wildman–Crippen MR) is 122 cm³/mol. The number of anilines is 1. The lowest BCUT2D eigenvalue weighted by Crippen LogP contribution is -2.47. The van der Waals surface area contributed by atoms with Gasteiger partial charge in [0.25, 0.3) is 5.91 Å². The molecular weight excluding hydrogens is 445 g/mol. The molecule has 0 saturated heterocycles. The van der Waals surface area contributed by atoms with Gasteiger partial charge in [-0.3, -0.25) is 9.80 Å². The normalized spacial score (nSPS) is 23.9. The number of amides is 1. The van der Waals surface area contributed by atoms with Gasteiger partial charge < -0.3 is 10.4 Å². The molecule has 2 unspecified atom stereocenters. The molecule has 1 aliphatic heterocycles. The summed E-state index contributed by atoms with van der Waals surface area (Å²) in [6.45, 7) is 0. The fourth-order valence-corrected chi connectivity index (χ4v) is 4.63. The fourth-order valence-electron chi connectivity index (χ4n) is 4.01. The summed E-state index contributed by atoms with van der Waals surface area (Å²) in [5, 5.41) is 21.2. The Bertz CT molecular complexity index is 965. The summed E-state index contributed by atoms with van der Waals surface area (Å²) >= 11 is 18.5. The first-order valence-electron chi connectivity index (χ1n) is 9.98. The van der Waals surface area contributed by atoms with Gasteiger partial charge in [0.15, 0.2) is 0 Å². The van der Waals surface area contributed by atoms with Gasteiger partial charge in [-0.15, -0.1) is 0 Å². The summed E-state index contributed by atoms with van der Waals surface area (Å²) in [5.74, 6) is -0.257. The monoisotopic (exact) mass is 465 g/mol. The molecule has 1 saturated carbocycles. The number of carbonyl (C=O) groups excluding carboxylic acids is 1. The minimum atomic E-state index is -0.515. The van der Waals surface area contributed by atoms with Crippen molar-refractivity contribution in [2.45, 2.75) is 50.3 Å². The molecule has 1 aliphatic carbocycles. The number of hydrazone groups is 1. The highest BCUT2D eigenvalue weighted by atomic mass is 35.5. The number of aliphatic hydroxyl groups is 1. The molecule has 0 aromatic heterocycles. The van der Waals surface area contributed by atoms with Crippen LogP contribution in [0.4, 0.5) is 5.69 Å². The molecule has 4 rings (SSSR count). The summed E-state index contributed by atoms with van der Waals surface area (Å²) in [4.78, 5) is 13.0. The second kappa shape index (κ2) is 9.15. The van der Waals surface area contributed by atoms with Crippen LogP contribution in [0.2, 0.25) is 15.1 Å². The van der Waals surface area contributed by atoms with E-state index in [2.05, 4.69) is 10.4 Å². The Kier molecular flexibility index (Phi) is 6.54. The van der Waals surface area contributed by atoms with E-state index in [0.717, 1.165) is 24.8 Å². The van der Waals surface area contributed by atoms with Crippen LogP contribution in [-0.2, 0) is 4.79 Å². The molecule has 0 spiro atoms. The van der Waals surface area contributed by atoms with Gasteiger partial charge in [0, 0.05) is 16.5 Å². The minimum absolute atomic E-state index is 0.210. The number of hydrogen-bond acceptors (Lipinski definition) is 4. The molecule has 2 aromatic carbocycles. The van der Waals surface area contributed by atoms with Crippen molar-refractivity contribution in [3.05, 3.63) is 63.1 Å². The van der Waals surface area contributed by atoms with E-state index in [1.807, 2.05) is 24.3 Å². The van der Waals surface area contributed by atoms with E-state index in [0.29, 0.717) is 39.3 Å². The van der Waals surface area contributed by atoms with Crippen LogP contribution >= 0.6 is 34.8 Å². The molecule has 3 atom stereocenters. The highest BCUT2D eigenvalue weighted by Gasteiger charge is 2.35. The summed E-state index contributed by atoms with van der Waals surface area (Å²) in [5.41, 5.74) is 2.04. The summed E-state index contributed by atoms with van der Waals surface area (Å²) in [6, 6.07) is 12.2. The molecule has 2 N–H and O–H groups in total. The van der Waals surface area contributed by atoms with Crippen molar-refractivity contribution < 1.29 is 9.90 Å². The molecule has 0 radical (unpaired) electrons. The number of nitrogens with zero attached hydrogens (tertiary/aromatic N) is 2. The lowest BCUT2D eigenvalue weighted by atomic mass is 9.92. The number of aliphatic hydroxyl groups excluding tert-OH is 1. The first kappa shape index (κ1) is 21.4. The number of benzene rings is 2. The summed E-state index contributed by atoms with van der Waals surface area (Å²) in [6.07, 6.45) is 3.35. The van der Waals surface area contributed by atoms with E-state index in [1.165, 1.54) is 0 Å². The van der Waals surface area contributed by atoms with E-state index in [1.54, 1.807) is 23.2 Å². The number of nitrogens with one attached hydrogen (secondary N) is 1. The van der Waals surface area contributed by atoms with Crippen molar-refractivity contribution in [3.63, 3.8) is 0 Å². The second-order valence-electron chi connectivity index (χ2n) is 7.69. The van der Waals surface area contributed by atoms with E-state index < -0.39 is 6.10 Å². The van der Waals surface area contributed by atoms with Gasteiger partial charge in [-0.25, -0.2) is 0 Å². The molecule has 5 nitrogen and oxygen atoms in total. The van der Waals surface area contributed by atoms with Gasteiger partial charge in [0.2, 0.25) is 0 Å². The average molecular weight is 467 g/mol. The predicted octanol–water partition coefficient (Wildman–Crippen LogP) is 5.37. The number of rotatable bonds is 4. The maximum absolute atomic E-state index is 13.0. The van der Waals surface area contributed by atoms with Crippen LogP contribution in [0.5, 0.6) is 0 Å². The van der Waals surface area contributed by atoms with Crippen molar-refractivity contribution in [2.24, 2.45) is 5.10 Å². The zero-order chi connectivity index (χ0) is 21.3. The Morgan fingerprint density at radius 1 is 1.03 bits per heavy atom. The van der Waals surface area contributed by atoms with Crippen LogP contribution in [-0.4, -0.2) is 28.9 Å².